The topological polar surface area (TPSA) is 37.3 Å². The third kappa shape index (κ3) is 2.74. The molecule has 0 bridgehead atoms. The maximum absolute atomic E-state index is 13.3. The van der Waals surface area contributed by atoms with Gasteiger partial charge in [-0.05, 0) is 36.4 Å². The van der Waals surface area contributed by atoms with Gasteiger partial charge in [0.05, 0.1) is 11.1 Å². The van der Waals surface area contributed by atoms with E-state index in [1.807, 2.05) is 0 Å². The number of carboxylic acids is 1. The van der Waals surface area contributed by atoms with Crippen LogP contribution in [0.15, 0.2) is 48.5 Å². The number of carboxylic acid groups (broad SMARTS) is 1. The van der Waals surface area contributed by atoms with Gasteiger partial charge in [-0.25, -0.2) is 9.18 Å². The maximum atomic E-state index is 13.3. The van der Waals surface area contributed by atoms with Crippen LogP contribution in [0.3, 0.4) is 0 Å². The summed E-state index contributed by atoms with van der Waals surface area (Å²) in [4.78, 5) is 10.7. The minimum absolute atomic E-state index is 0.200. The third-order valence-electron chi connectivity index (χ3n) is 2.35. The Kier molecular flexibility index (Phi) is 3.40. The van der Waals surface area contributed by atoms with Crippen LogP contribution in [-0.2, 0) is 0 Å². The number of carbonyl (C=O) groups is 1. The van der Waals surface area contributed by atoms with E-state index in [0.717, 1.165) is 0 Å². The molecule has 0 aromatic heterocycles. The first-order valence-corrected chi connectivity index (χ1v) is 5.27. The summed E-state index contributed by atoms with van der Waals surface area (Å²) >= 11 is 0. The average molecular weight is 240 g/mol. The van der Waals surface area contributed by atoms with Gasteiger partial charge < -0.3 is 5.11 Å². The molecule has 1 N–H and O–H groups in total. The highest BCUT2D eigenvalue weighted by atomic mass is 19.1. The van der Waals surface area contributed by atoms with Gasteiger partial charge in [-0.1, -0.05) is 24.0 Å². The van der Waals surface area contributed by atoms with Crippen LogP contribution in [0.1, 0.15) is 21.5 Å². The lowest BCUT2D eigenvalue weighted by Crippen LogP contribution is -1.94. The summed E-state index contributed by atoms with van der Waals surface area (Å²) in [5, 5.41) is 8.73. The second-order valence-electron chi connectivity index (χ2n) is 3.61. The largest absolute Gasteiger partial charge is 0.478 e. The molecule has 18 heavy (non-hydrogen) atoms. The summed E-state index contributed by atoms with van der Waals surface area (Å²) in [6, 6.07) is 12.4. The van der Waals surface area contributed by atoms with Crippen LogP contribution < -0.4 is 0 Å². The fraction of sp³-hybridized carbons (Fsp3) is 0. The van der Waals surface area contributed by atoms with E-state index < -0.39 is 5.97 Å². The van der Waals surface area contributed by atoms with E-state index in [0.29, 0.717) is 11.1 Å². The second kappa shape index (κ2) is 5.15. The second-order valence-corrected chi connectivity index (χ2v) is 3.61. The highest BCUT2D eigenvalue weighted by molar-refractivity contribution is 5.87. The molecule has 0 spiro atoms. The lowest BCUT2D eigenvalue weighted by atomic mass is 10.1. The zero-order chi connectivity index (χ0) is 13.0. The average Bonchev–Trinajstić information content (AvgIpc) is 2.38. The molecule has 0 fully saturated rings. The van der Waals surface area contributed by atoms with E-state index in [1.165, 1.54) is 18.2 Å². The Bertz CT molecular complexity index is 634. The fourth-order valence-corrected chi connectivity index (χ4v) is 1.40. The van der Waals surface area contributed by atoms with Crippen LogP contribution in [0.2, 0.25) is 0 Å². The minimum atomic E-state index is -0.983. The van der Waals surface area contributed by atoms with Gasteiger partial charge in [0.15, 0.2) is 0 Å². The standard InChI is InChI=1S/C15H9FO2/c16-14-4-2-1-3-12(14)8-5-11-6-9-13(10-7-11)15(17)18/h1-4,6-7,9-10H,(H,17,18). The monoisotopic (exact) mass is 240 g/mol. The number of benzene rings is 2. The van der Waals surface area contributed by atoms with Crippen molar-refractivity contribution in [1.29, 1.82) is 0 Å². The molecule has 0 saturated carbocycles. The van der Waals surface area contributed by atoms with Crippen molar-refractivity contribution < 1.29 is 14.3 Å². The molecular weight excluding hydrogens is 231 g/mol. The van der Waals surface area contributed by atoms with Gasteiger partial charge in [0.25, 0.3) is 0 Å². The van der Waals surface area contributed by atoms with Crippen LogP contribution in [0.25, 0.3) is 0 Å². The lowest BCUT2D eigenvalue weighted by Gasteiger charge is -1.94. The van der Waals surface area contributed by atoms with Crippen LogP contribution in [0.5, 0.6) is 0 Å². The van der Waals surface area contributed by atoms with Gasteiger partial charge in [-0.2, -0.15) is 0 Å². The normalized spacial score (nSPS) is 9.39. The Labute approximate surface area is 104 Å². The molecule has 2 rings (SSSR count). The molecule has 3 heteroatoms. The zero-order valence-electron chi connectivity index (χ0n) is 9.35. The summed E-state index contributed by atoms with van der Waals surface area (Å²) in [5.41, 5.74) is 1.16. The van der Waals surface area contributed by atoms with E-state index in [4.69, 9.17) is 5.11 Å². The Morgan fingerprint density at radius 2 is 1.67 bits per heavy atom. The molecule has 0 saturated heterocycles. The molecule has 0 aliphatic carbocycles. The van der Waals surface area contributed by atoms with Crippen molar-refractivity contribution in [1.82, 2.24) is 0 Å². The van der Waals surface area contributed by atoms with Crippen molar-refractivity contribution >= 4 is 5.97 Å². The van der Waals surface area contributed by atoms with E-state index in [9.17, 15) is 9.18 Å². The van der Waals surface area contributed by atoms with Gasteiger partial charge in [-0.15, -0.1) is 0 Å². The molecule has 0 aliphatic heterocycles. The first-order valence-electron chi connectivity index (χ1n) is 5.27. The minimum Gasteiger partial charge on any atom is -0.478 e. The molecule has 2 aromatic carbocycles. The molecule has 88 valence electrons. The zero-order valence-corrected chi connectivity index (χ0v) is 9.35. The van der Waals surface area contributed by atoms with Gasteiger partial charge in [-0.3, -0.25) is 0 Å². The van der Waals surface area contributed by atoms with Crippen LogP contribution >= 0.6 is 0 Å². The molecule has 0 atom stereocenters. The first kappa shape index (κ1) is 11.9. The van der Waals surface area contributed by atoms with Crippen LogP contribution in [0, 0.1) is 17.7 Å². The Balaban J connectivity index is 2.25. The highest BCUT2D eigenvalue weighted by Crippen LogP contribution is 2.06. The molecule has 0 amide bonds. The SMILES string of the molecule is O=C(O)c1ccc(C#Cc2ccccc2F)cc1. The van der Waals surface area contributed by atoms with E-state index >= 15 is 0 Å². The summed E-state index contributed by atoms with van der Waals surface area (Å²) in [5.74, 6) is 4.14. The van der Waals surface area contributed by atoms with Crippen molar-refractivity contribution in [2.45, 2.75) is 0 Å². The predicted octanol–water partition coefficient (Wildman–Crippen LogP) is 2.92. The molecule has 0 heterocycles. The van der Waals surface area contributed by atoms with E-state index in [-0.39, 0.29) is 11.4 Å². The van der Waals surface area contributed by atoms with Crippen LogP contribution in [0.4, 0.5) is 4.39 Å². The highest BCUT2D eigenvalue weighted by Gasteiger charge is 2.00. The number of aromatic carboxylic acids is 1. The van der Waals surface area contributed by atoms with Crippen molar-refractivity contribution in [3.8, 4) is 11.8 Å². The molecule has 0 aliphatic rings. The molecule has 2 nitrogen and oxygen atoms in total. The fourth-order valence-electron chi connectivity index (χ4n) is 1.40. The van der Waals surface area contributed by atoms with Crippen molar-refractivity contribution in [2.75, 3.05) is 0 Å². The number of hydrogen-bond donors (Lipinski definition) is 1. The number of halogens is 1. The third-order valence-corrected chi connectivity index (χ3v) is 2.35. The Hall–Kier alpha value is -2.60. The molecule has 0 radical (unpaired) electrons. The molecule has 0 unspecified atom stereocenters. The van der Waals surface area contributed by atoms with Gasteiger partial charge >= 0.3 is 5.97 Å². The van der Waals surface area contributed by atoms with E-state index in [1.54, 1.807) is 30.3 Å². The summed E-state index contributed by atoms with van der Waals surface area (Å²) < 4.78 is 13.3. The molecule has 2 aromatic rings. The summed E-state index contributed by atoms with van der Waals surface area (Å²) in [7, 11) is 0. The summed E-state index contributed by atoms with van der Waals surface area (Å²) in [6.45, 7) is 0. The Morgan fingerprint density at radius 3 is 2.28 bits per heavy atom. The van der Waals surface area contributed by atoms with Crippen molar-refractivity contribution in [3.05, 3.63) is 71.0 Å². The van der Waals surface area contributed by atoms with Gasteiger partial charge in [0.1, 0.15) is 5.82 Å². The quantitative estimate of drug-likeness (QED) is 0.778. The van der Waals surface area contributed by atoms with Crippen LogP contribution in [-0.4, -0.2) is 11.1 Å². The number of hydrogen-bond acceptors (Lipinski definition) is 1. The smallest absolute Gasteiger partial charge is 0.335 e. The van der Waals surface area contributed by atoms with Gasteiger partial charge in [0.2, 0.25) is 0 Å². The lowest BCUT2D eigenvalue weighted by molar-refractivity contribution is 0.0697. The van der Waals surface area contributed by atoms with E-state index in [2.05, 4.69) is 11.8 Å². The van der Waals surface area contributed by atoms with Crippen molar-refractivity contribution in [3.63, 3.8) is 0 Å². The molecular formula is C15H9FO2. The predicted molar refractivity (Wildman–Crippen MR) is 65.8 cm³/mol. The number of rotatable bonds is 1. The Morgan fingerprint density at radius 1 is 1.00 bits per heavy atom. The van der Waals surface area contributed by atoms with Crippen molar-refractivity contribution in [2.24, 2.45) is 0 Å². The van der Waals surface area contributed by atoms with Gasteiger partial charge in [0, 0.05) is 5.56 Å². The summed E-state index contributed by atoms with van der Waals surface area (Å²) in [6.07, 6.45) is 0. The first-order chi connectivity index (χ1) is 8.66. The maximum Gasteiger partial charge on any atom is 0.335 e.